The molecule has 0 aliphatic rings. The largest absolute Gasteiger partial charge is 0.329 e. The fraction of sp³-hybridized carbons (Fsp3) is 0.333. The Morgan fingerprint density at radius 2 is 1.94 bits per heavy atom. The van der Waals surface area contributed by atoms with E-state index in [4.69, 9.17) is 16.3 Å². The van der Waals surface area contributed by atoms with E-state index in [1.54, 1.807) is 37.3 Å². The molecule has 0 saturated heterocycles. The molecule has 1 aromatic carbocycles. The van der Waals surface area contributed by atoms with Crippen molar-refractivity contribution in [3.63, 3.8) is 0 Å². The minimum absolute atomic E-state index is 0.145. The Balaban J connectivity index is 3.30. The Hall–Kier alpha value is -0.460. The summed E-state index contributed by atoms with van der Waals surface area (Å²) in [5, 5.41) is 0. The molecule has 0 bridgehead atoms. The SMILES string of the molecule is CCOP(O)(=S)N(c1ccccc1)S(C)(=O)=O. The first-order chi connectivity index (χ1) is 7.79. The molecule has 5 nitrogen and oxygen atoms in total. The van der Waals surface area contributed by atoms with Crippen LogP contribution in [0.5, 0.6) is 0 Å². The van der Waals surface area contributed by atoms with Crippen LogP contribution in [0.4, 0.5) is 5.69 Å². The highest BCUT2D eigenvalue weighted by Gasteiger charge is 2.32. The molecule has 0 aliphatic heterocycles. The smallest absolute Gasteiger partial charge is 0.301 e. The summed E-state index contributed by atoms with van der Waals surface area (Å²) >= 11 is 4.89. The lowest BCUT2D eigenvalue weighted by atomic mass is 10.3. The molecule has 0 heterocycles. The van der Waals surface area contributed by atoms with Crippen LogP contribution >= 0.6 is 6.64 Å². The minimum atomic E-state index is -3.69. The van der Waals surface area contributed by atoms with E-state index < -0.39 is 16.7 Å². The van der Waals surface area contributed by atoms with Crippen molar-refractivity contribution in [1.82, 2.24) is 0 Å². The molecule has 1 atom stereocenters. The van der Waals surface area contributed by atoms with Crippen molar-refractivity contribution in [1.29, 1.82) is 0 Å². The van der Waals surface area contributed by atoms with Gasteiger partial charge in [0.2, 0.25) is 10.0 Å². The van der Waals surface area contributed by atoms with Crippen molar-refractivity contribution < 1.29 is 17.8 Å². The average molecular weight is 295 g/mol. The maximum atomic E-state index is 11.7. The second kappa shape index (κ2) is 5.46. The Kier molecular flexibility index (Phi) is 4.69. The summed E-state index contributed by atoms with van der Waals surface area (Å²) in [6, 6.07) is 8.17. The summed E-state index contributed by atoms with van der Waals surface area (Å²) in [5.74, 6) is 0. The maximum absolute atomic E-state index is 11.7. The van der Waals surface area contributed by atoms with Gasteiger partial charge in [-0.15, -0.1) is 0 Å². The molecule has 0 spiro atoms. The first kappa shape index (κ1) is 14.6. The van der Waals surface area contributed by atoms with Gasteiger partial charge in [0.25, 0.3) is 0 Å². The second-order valence-electron chi connectivity index (χ2n) is 3.25. The fourth-order valence-corrected chi connectivity index (χ4v) is 6.00. The number of sulfonamides is 1. The number of rotatable bonds is 5. The molecule has 0 amide bonds. The molecule has 1 rings (SSSR count). The lowest BCUT2D eigenvalue weighted by Gasteiger charge is -2.29. The zero-order valence-corrected chi connectivity index (χ0v) is 12.0. The fourth-order valence-electron chi connectivity index (χ4n) is 1.30. The van der Waals surface area contributed by atoms with Crippen molar-refractivity contribution in [2.24, 2.45) is 0 Å². The molecule has 0 fully saturated rings. The predicted octanol–water partition coefficient (Wildman–Crippen LogP) is 1.71. The number of para-hydroxylation sites is 1. The van der Waals surface area contributed by atoms with Crippen molar-refractivity contribution in [2.75, 3.05) is 16.9 Å². The van der Waals surface area contributed by atoms with Crippen LogP contribution in [0.2, 0.25) is 0 Å². The van der Waals surface area contributed by atoms with E-state index in [9.17, 15) is 13.3 Å². The second-order valence-corrected chi connectivity index (χ2v) is 8.42. The van der Waals surface area contributed by atoms with Crippen LogP contribution in [-0.4, -0.2) is 26.2 Å². The molecule has 0 radical (unpaired) electrons. The van der Waals surface area contributed by atoms with Crippen LogP contribution < -0.4 is 4.08 Å². The van der Waals surface area contributed by atoms with Gasteiger partial charge in [-0.1, -0.05) is 18.2 Å². The Bertz CT molecular complexity index is 517. The average Bonchev–Trinajstić information content (AvgIpc) is 2.16. The number of nitrogens with zero attached hydrogens (tertiary/aromatic N) is 1. The third-order valence-corrected chi connectivity index (χ3v) is 6.61. The van der Waals surface area contributed by atoms with E-state index in [1.165, 1.54) is 0 Å². The van der Waals surface area contributed by atoms with E-state index in [0.29, 0.717) is 5.69 Å². The Morgan fingerprint density at radius 3 is 2.35 bits per heavy atom. The van der Waals surface area contributed by atoms with Gasteiger partial charge in [0.15, 0.2) is 0 Å². The summed E-state index contributed by atoms with van der Waals surface area (Å²) in [4.78, 5) is 10.0. The molecule has 8 heteroatoms. The van der Waals surface area contributed by atoms with Crippen molar-refractivity contribution in [2.45, 2.75) is 6.92 Å². The topological polar surface area (TPSA) is 66.8 Å². The summed E-state index contributed by atoms with van der Waals surface area (Å²) in [6.07, 6.45) is 0.982. The maximum Gasteiger partial charge on any atom is 0.301 e. The molecule has 96 valence electrons. The zero-order chi connectivity index (χ0) is 13.1. The molecule has 0 saturated carbocycles. The highest BCUT2D eigenvalue weighted by Crippen LogP contribution is 2.50. The number of anilines is 1. The molecular formula is C9H14NO4PS2. The standard InChI is InChI=1S/C9H14NO4PS2/c1-3-14-15(11,16)10(17(2,12)13)9-7-5-4-6-8-9/h4-8H,3H2,1-2H3,(H,11,16). The molecule has 1 aromatic rings. The quantitative estimate of drug-likeness (QED) is 0.838. The molecule has 1 N–H and O–H groups in total. The first-order valence-corrected chi connectivity index (χ1v) is 9.29. The number of hydrogen-bond donors (Lipinski definition) is 1. The van der Waals surface area contributed by atoms with Gasteiger partial charge in [0.1, 0.15) is 0 Å². The van der Waals surface area contributed by atoms with Gasteiger partial charge in [-0.3, -0.25) is 0 Å². The number of hydrogen-bond acceptors (Lipinski definition) is 4. The van der Waals surface area contributed by atoms with Gasteiger partial charge >= 0.3 is 6.64 Å². The predicted molar refractivity (Wildman–Crippen MR) is 71.9 cm³/mol. The third kappa shape index (κ3) is 3.76. The summed E-state index contributed by atoms with van der Waals surface area (Å²) < 4.78 is 29.2. The molecule has 1 unspecified atom stereocenters. The van der Waals surface area contributed by atoms with Crippen LogP contribution in [-0.2, 0) is 26.4 Å². The molecule has 0 aliphatic carbocycles. The van der Waals surface area contributed by atoms with E-state index in [-0.39, 0.29) is 6.61 Å². The van der Waals surface area contributed by atoms with Crippen LogP contribution in [0, 0.1) is 0 Å². The Morgan fingerprint density at radius 1 is 1.41 bits per heavy atom. The van der Waals surface area contributed by atoms with E-state index >= 15 is 0 Å². The van der Waals surface area contributed by atoms with Crippen LogP contribution in [0.25, 0.3) is 0 Å². The molecular weight excluding hydrogens is 281 g/mol. The van der Waals surface area contributed by atoms with E-state index in [2.05, 4.69) is 0 Å². The Labute approximate surface area is 106 Å². The van der Waals surface area contributed by atoms with Crippen molar-refractivity contribution in [3.05, 3.63) is 30.3 Å². The minimum Gasteiger partial charge on any atom is -0.329 e. The van der Waals surface area contributed by atoms with Crippen LogP contribution in [0.15, 0.2) is 30.3 Å². The summed E-state index contributed by atoms with van der Waals surface area (Å²) in [7, 11) is -3.69. The highest BCUT2D eigenvalue weighted by molar-refractivity contribution is 8.17. The van der Waals surface area contributed by atoms with E-state index in [0.717, 1.165) is 10.3 Å². The highest BCUT2D eigenvalue weighted by atomic mass is 32.5. The molecule has 17 heavy (non-hydrogen) atoms. The lowest BCUT2D eigenvalue weighted by molar-refractivity contribution is 0.328. The first-order valence-electron chi connectivity index (χ1n) is 4.82. The monoisotopic (exact) mass is 295 g/mol. The van der Waals surface area contributed by atoms with Gasteiger partial charge in [-0.2, -0.15) is 4.08 Å². The van der Waals surface area contributed by atoms with Crippen LogP contribution in [0.3, 0.4) is 0 Å². The third-order valence-electron chi connectivity index (χ3n) is 1.82. The van der Waals surface area contributed by atoms with Gasteiger partial charge < -0.3 is 9.42 Å². The molecule has 0 aromatic heterocycles. The van der Waals surface area contributed by atoms with Gasteiger partial charge in [0.05, 0.1) is 18.6 Å². The summed E-state index contributed by atoms with van der Waals surface area (Å²) in [5.41, 5.74) is 0.300. The van der Waals surface area contributed by atoms with E-state index in [1.807, 2.05) is 0 Å². The van der Waals surface area contributed by atoms with Gasteiger partial charge in [-0.25, -0.2) is 8.42 Å². The van der Waals surface area contributed by atoms with Crippen molar-refractivity contribution in [3.8, 4) is 0 Å². The van der Waals surface area contributed by atoms with Crippen LogP contribution in [0.1, 0.15) is 6.92 Å². The van der Waals surface area contributed by atoms with Gasteiger partial charge in [0, 0.05) is 0 Å². The zero-order valence-electron chi connectivity index (χ0n) is 9.48. The lowest BCUT2D eigenvalue weighted by Crippen LogP contribution is -2.27. The van der Waals surface area contributed by atoms with Gasteiger partial charge in [-0.05, 0) is 30.9 Å². The van der Waals surface area contributed by atoms with Crippen molar-refractivity contribution >= 4 is 34.2 Å². The number of benzene rings is 1. The summed E-state index contributed by atoms with van der Waals surface area (Å²) in [6.45, 7) is -1.78. The normalized spacial score (nSPS) is 15.2.